The van der Waals surface area contributed by atoms with E-state index >= 15 is 0 Å². The summed E-state index contributed by atoms with van der Waals surface area (Å²) < 4.78 is 28.4. The Morgan fingerprint density at radius 1 is 1.32 bits per heavy atom. The highest BCUT2D eigenvalue weighted by atomic mass is 35.7. The van der Waals surface area contributed by atoms with Crippen molar-refractivity contribution in [1.29, 1.82) is 0 Å². The SMILES string of the molecule is C=CCCCCCOc1ccc(C)cc1S(=O)(=O)Cl. The summed E-state index contributed by atoms with van der Waals surface area (Å²) in [4.78, 5) is 0.0419. The van der Waals surface area contributed by atoms with Gasteiger partial charge in [-0.05, 0) is 50.3 Å². The number of benzene rings is 1. The zero-order chi connectivity index (χ0) is 14.3. The fourth-order valence-corrected chi connectivity index (χ4v) is 2.73. The van der Waals surface area contributed by atoms with Gasteiger partial charge in [-0.2, -0.15) is 0 Å². The van der Waals surface area contributed by atoms with Crippen LogP contribution in [0.15, 0.2) is 35.7 Å². The molecule has 1 aromatic rings. The van der Waals surface area contributed by atoms with Crippen LogP contribution in [0.25, 0.3) is 0 Å². The highest BCUT2D eigenvalue weighted by Crippen LogP contribution is 2.28. The molecule has 1 aromatic carbocycles. The van der Waals surface area contributed by atoms with E-state index in [0.29, 0.717) is 12.4 Å². The smallest absolute Gasteiger partial charge is 0.264 e. The highest BCUT2D eigenvalue weighted by molar-refractivity contribution is 8.13. The van der Waals surface area contributed by atoms with Crippen LogP contribution in [-0.2, 0) is 9.05 Å². The average molecular weight is 303 g/mol. The van der Waals surface area contributed by atoms with Crippen molar-refractivity contribution in [2.24, 2.45) is 0 Å². The van der Waals surface area contributed by atoms with Crippen molar-refractivity contribution < 1.29 is 13.2 Å². The largest absolute Gasteiger partial charge is 0.492 e. The Balaban J connectivity index is 2.61. The van der Waals surface area contributed by atoms with Crippen LogP contribution in [0.1, 0.15) is 31.2 Å². The standard InChI is InChI=1S/C14H19ClO3S/c1-3-4-5-6-7-10-18-13-9-8-12(2)11-14(13)19(15,16)17/h3,8-9,11H,1,4-7,10H2,2H3. The predicted octanol–water partition coefficient (Wildman–Crippen LogP) is 4.05. The molecular formula is C14H19ClO3S. The van der Waals surface area contributed by atoms with Crippen LogP contribution in [0.2, 0.25) is 0 Å². The van der Waals surface area contributed by atoms with Gasteiger partial charge in [0.2, 0.25) is 0 Å². The van der Waals surface area contributed by atoms with Gasteiger partial charge in [-0.15, -0.1) is 6.58 Å². The van der Waals surface area contributed by atoms with Crippen LogP contribution in [0.3, 0.4) is 0 Å². The molecule has 0 aromatic heterocycles. The maximum absolute atomic E-state index is 11.5. The number of halogens is 1. The summed E-state index contributed by atoms with van der Waals surface area (Å²) in [7, 11) is 1.62. The normalized spacial score (nSPS) is 11.3. The van der Waals surface area contributed by atoms with E-state index < -0.39 is 9.05 Å². The molecule has 0 fully saturated rings. The second kappa shape index (κ2) is 7.56. The Labute approximate surface area is 119 Å². The lowest BCUT2D eigenvalue weighted by atomic mass is 10.2. The second-order valence-corrected chi connectivity index (χ2v) is 6.91. The molecule has 0 bridgehead atoms. The van der Waals surface area contributed by atoms with Gasteiger partial charge in [0.05, 0.1) is 6.61 Å². The summed E-state index contributed by atoms with van der Waals surface area (Å²) >= 11 is 0. The topological polar surface area (TPSA) is 43.4 Å². The Morgan fingerprint density at radius 3 is 2.68 bits per heavy atom. The first kappa shape index (κ1) is 16.1. The number of unbranched alkanes of at least 4 members (excludes halogenated alkanes) is 3. The maximum Gasteiger partial charge on any atom is 0.264 e. The van der Waals surface area contributed by atoms with Gasteiger partial charge in [0.15, 0.2) is 0 Å². The summed E-state index contributed by atoms with van der Waals surface area (Å²) in [6.45, 7) is 5.96. The van der Waals surface area contributed by atoms with Crippen molar-refractivity contribution in [3.05, 3.63) is 36.4 Å². The third-order valence-electron chi connectivity index (χ3n) is 2.67. The molecule has 0 spiro atoms. The summed E-state index contributed by atoms with van der Waals surface area (Å²) in [5, 5.41) is 0. The molecule has 0 unspecified atom stereocenters. The van der Waals surface area contributed by atoms with Gasteiger partial charge in [-0.1, -0.05) is 12.1 Å². The molecule has 3 nitrogen and oxygen atoms in total. The lowest BCUT2D eigenvalue weighted by Crippen LogP contribution is -2.02. The fraction of sp³-hybridized carbons (Fsp3) is 0.429. The minimum Gasteiger partial charge on any atom is -0.492 e. The van der Waals surface area contributed by atoms with Crippen molar-refractivity contribution in [1.82, 2.24) is 0 Å². The van der Waals surface area contributed by atoms with Crippen molar-refractivity contribution in [2.75, 3.05) is 6.61 Å². The van der Waals surface area contributed by atoms with Crippen molar-refractivity contribution in [3.8, 4) is 5.75 Å². The van der Waals surface area contributed by atoms with Crippen molar-refractivity contribution >= 4 is 19.7 Å². The molecule has 0 saturated heterocycles. The molecule has 106 valence electrons. The number of hydrogen-bond donors (Lipinski definition) is 0. The Bertz CT molecular complexity index is 523. The van der Waals surface area contributed by atoms with E-state index in [1.165, 1.54) is 6.07 Å². The molecule has 19 heavy (non-hydrogen) atoms. The molecular weight excluding hydrogens is 284 g/mol. The van der Waals surface area contributed by atoms with Gasteiger partial charge >= 0.3 is 0 Å². The Morgan fingerprint density at radius 2 is 2.05 bits per heavy atom. The minimum atomic E-state index is -3.77. The third-order valence-corrected chi connectivity index (χ3v) is 4.02. The maximum atomic E-state index is 11.5. The van der Waals surface area contributed by atoms with E-state index in [1.807, 2.05) is 13.0 Å². The first-order valence-electron chi connectivity index (χ1n) is 6.24. The molecule has 0 aliphatic rings. The number of hydrogen-bond acceptors (Lipinski definition) is 3. The molecule has 1 rings (SSSR count). The first-order chi connectivity index (χ1) is 8.95. The molecule has 0 heterocycles. The van der Waals surface area contributed by atoms with Crippen LogP contribution >= 0.6 is 10.7 Å². The molecule has 0 atom stereocenters. The fourth-order valence-electron chi connectivity index (χ4n) is 1.67. The summed E-state index contributed by atoms with van der Waals surface area (Å²) in [6.07, 6.45) is 5.86. The van der Waals surface area contributed by atoms with E-state index in [1.54, 1.807) is 12.1 Å². The second-order valence-electron chi connectivity index (χ2n) is 4.37. The van der Waals surface area contributed by atoms with Crippen LogP contribution in [-0.4, -0.2) is 15.0 Å². The van der Waals surface area contributed by atoms with Gasteiger partial charge in [-0.3, -0.25) is 0 Å². The average Bonchev–Trinajstić information content (AvgIpc) is 2.34. The van der Waals surface area contributed by atoms with E-state index in [2.05, 4.69) is 6.58 Å². The van der Waals surface area contributed by atoms with Crippen LogP contribution in [0.5, 0.6) is 5.75 Å². The lowest BCUT2D eigenvalue weighted by Gasteiger charge is -2.10. The van der Waals surface area contributed by atoms with E-state index in [0.717, 1.165) is 31.2 Å². The minimum absolute atomic E-state index is 0.0419. The number of rotatable bonds is 8. The zero-order valence-electron chi connectivity index (χ0n) is 11.1. The van der Waals surface area contributed by atoms with Gasteiger partial charge < -0.3 is 4.74 Å². The molecule has 0 saturated carbocycles. The summed E-state index contributed by atoms with van der Waals surface area (Å²) in [5.74, 6) is 0.323. The van der Waals surface area contributed by atoms with Crippen molar-refractivity contribution in [2.45, 2.75) is 37.5 Å². The molecule has 5 heteroatoms. The molecule has 0 radical (unpaired) electrons. The first-order valence-corrected chi connectivity index (χ1v) is 8.55. The third kappa shape index (κ3) is 5.66. The van der Waals surface area contributed by atoms with E-state index in [9.17, 15) is 8.42 Å². The number of allylic oxidation sites excluding steroid dienone is 1. The van der Waals surface area contributed by atoms with Crippen LogP contribution in [0, 0.1) is 6.92 Å². The van der Waals surface area contributed by atoms with Crippen LogP contribution < -0.4 is 4.74 Å². The van der Waals surface area contributed by atoms with Gasteiger partial charge in [0.25, 0.3) is 9.05 Å². The van der Waals surface area contributed by atoms with Gasteiger partial charge in [0.1, 0.15) is 10.6 Å². The molecule has 0 aliphatic carbocycles. The highest BCUT2D eigenvalue weighted by Gasteiger charge is 2.16. The zero-order valence-corrected chi connectivity index (χ0v) is 12.6. The summed E-state index contributed by atoms with van der Waals surface area (Å²) in [5.41, 5.74) is 0.831. The lowest BCUT2D eigenvalue weighted by molar-refractivity contribution is 0.298. The number of aryl methyl sites for hydroxylation is 1. The van der Waals surface area contributed by atoms with Crippen LogP contribution in [0.4, 0.5) is 0 Å². The molecule has 0 amide bonds. The Hall–Kier alpha value is -1.00. The molecule has 0 aliphatic heterocycles. The summed E-state index contributed by atoms with van der Waals surface area (Å²) in [6, 6.07) is 4.97. The predicted molar refractivity (Wildman–Crippen MR) is 78.4 cm³/mol. The Kier molecular flexibility index (Phi) is 6.38. The van der Waals surface area contributed by atoms with E-state index in [4.69, 9.17) is 15.4 Å². The van der Waals surface area contributed by atoms with Gasteiger partial charge in [0, 0.05) is 10.7 Å². The molecule has 0 N–H and O–H groups in total. The van der Waals surface area contributed by atoms with Crippen molar-refractivity contribution in [3.63, 3.8) is 0 Å². The van der Waals surface area contributed by atoms with E-state index in [-0.39, 0.29) is 4.90 Å². The quantitative estimate of drug-likeness (QED) is 0.413. The monoisotopic (exact) mass is 302 g/mol. The number of ether oxygens (including phenoxy) is 1. The van der Waals surface area contributed by atoms with Gasteiger partial charge in [-0.25, -0.2) is 8.42 Å².